The maximum Gasteiger partial charge on any atom is 0.230 e. The molecule has 1 aromatic rings. The van der Waals surface area contributed by atoms with Gasteiger partial charge in [-0.15, -0.1) is 11.8 Å². The molecular formula is C14H19NO2S. The Bertz CT molecular complexity index is 407. The molecule has 2 rings (SSSR count). The standard InChI is InChI=1S/C14H19NO2S/c1-11-3-5-12(6-4-11)18-9-13(17)15-14(10-16)7-2-8-14/h3-6,16H,2,7-10H2,1H3,(H,15,17). The van der Waals surface area contributed by atoms with E-state index in [9.17, 15) is 9.90 Å². The predicted octanol–water partition coefficient (Wildman–Crippen LogP) is 2.12. The Morgan fingerprint density at radius 2 is 2.06 bits per heavy atom. The highest BCUT2D eigenvalue weighted by Crippen LogP contribution is 2.31. The molecule has 1 fully saturated rings. The molecule has 0 unspecified atom stereocenters. The first-order valence-electron chi connectivity index (χ1n) is 6.25. The summed E-state index contributed by atoms with van der Waals surface area (Å²) in [6, 6.07) is 8.14. The van der Waals surface area contributed by atoms with E-state index in [1.807, 2.05) is 31.2 Å². The van der Waals surface area contributed by atoms with Gasteiger partial charge in [-0.25, -0.2) is 0 Å². The molecular weight excluding hydrogens is 246 g/mol. The van der Waals surface area contributed by atoms with E-state index in [4.69, 9.17) is 0 Å². The number of thioether (sulfide) groups is 1. The van der Waals surface area contributed by atoms with E-state index in [-0.39, 0.29) is 18.1 Å². The van der Waals surface area contributed by atoms with Crippen LogP contribution in [0.5, 0.6) is 0 Å². The van der Waals surface area contributed by atoms with Crippen LogP contribution in [0, 0.1) is 6.92 Å². The number of aryl methyl sites for hydroxylation is 1. The third-order valence-electron chi connectivity index (χ3n) is 3.41. The summed E-state index contributed by atoms with van der Waals surface area (Å²) in [5.41, 5.74) is 0.891. The van der Waals surface area contributed by atoms with Crippen LogP contribution in [-0.4, -0.2) is 28.9 Å². The Hall–Kier alpha value is -1.00. The number of carbonyl (C=O) groups is 1. The Kier molecular flexibility index (Phi) is 4.30. The first kappa shape index (κ1) is 13.4. The van der Waals surface area contributed by atoms with Gasteiger partial charge in [-0.2, -0.15) is 0 Å². The van der Waals surface area contributed by atoms with Crippen LogP contribution in [0.3, 0.4) is 0 Å². The van der Waals surface area contributed by atoms with Gasteiger partial charge in [0.25, 0.3) is 0 Å². The zero-order valence-corrected chi connectivity index (χ0v) is 11.4. The summed E-state index contributed by atoms with van der Waals surface area (Å²) in [4.78, 5) is 12.9. The van der Waals surface area contributed by atoms with Gasteiger partial charge in [-0.1, -0.05) is 17.7 Å². The lowest BCUT2D eigenvalue weighted by Crippen LogP contribution is -2.56. The lowest BCUT2D eigenvalue weighted by atomic mass is 9.77. The second kappa shape index (κ2) is 5.76. The minimum absolute atomic E-state index is 0.00863. The third-order valence-corrected chi connectivity index (χ3v) is 4.42. The Morgan fingerprint density at radius 3 is 2.56 bits per heavy atom. The van der Waals surface area contributed by atoms with E-state index in [0.29, 0.717) is 5.75 Å². The minimum atomic E-state index is -0.328. The molecule has 0 heterocycles. The largest absolute Gasteiger partial charge is 0.394 e. The van der Waals surface area contributed by atoms with Crippen LogP contribution in [0.1, 0.15) is 24.8 Å². The van der Waals surface area contributed by atoms with Gasteiger partial charge in [0.1, 0.15) is 0 Å². The number of aliphatic hydroxyl groups excluding tert-OH is 1. The van der Waals surface area contributed by atoms with E-state index in [1.165, 1.54) is 17.3 Å². The highest BCUT2D eigenvalue weighted by molar-refractivity contribution is 8.00. The Balaban J connectivity index is 1.79. The Morgan fingerprint density at radius 1 is 1.39 bits per heavy atom. The van der Waals surface area contributed by atoms with Crippen molar-refractivity contribution in [3.63, 3.8) is 0 Å². The van der Waals surface area contributed by atoms with E-state index in [1.54, 1.807) is 0 Å². The molecule has 2 N–H and O–H groups in total. The highest BCUT2D eigenvalue weighted by Gasteiger charge is 2.37. The van der Waals surface area contributed by atoms with Crippen LogP contribution >= 0.6 is 11.8 Å². The van der Waals surface area contributed by atoms with Gasteiger partial charge in [0.15, 0.2) is 0 Å². The number of amides is 1. The fourth-order valence-corrected chi connectivity index (χ4v) is 2.74. The third kappa shape index (κ3) is 3.27. The molecule has 1 aromatic carbocycles. The highest BCUT2D eigenvalue weighted by atomic mass is 32.2. The van der Waals surface area contributed by atoms with Crippen LogP contribution < -0.4 is 5.32 Å². The molecule has 3 nitrogen and oxygen atoms in total. The van der Waals surface area contributed by atoms with Gasteiger partial charge in [0.05, 0.1) is 17.9 Å². The molecule has 4 heteroatoms. The maximum atomic E-state index is 11.8. The topological polar surface area (TPSA) is 49.3 Å². The summed E-state index contributed by atoms with van der Waals surface area (Å²) in [5.74, 6) is 0.416. The number of nitrogens with one attached hydrogen (secondary N) is 1. The Labute approximate surface area is 112 Å². The normalized spacial score (nSPS) is 17.0. The fourth-order valence-electron chi connectivity index (χ4n) is 2.04. The van der Waals surface area contributed by atoms with Gasteiger partial charge < -0.3 is 10.4 Å². The summed E-state index contributed by atoms with van der Waals surface area (Å²) in [7, 11) is 0. The number of hydrogen-bond donors (Lipinski definition) is 2. The molecule has 0 saturated heterocycles. The zero-order valence-electron chi connectivity index (χ0n) is 10.6. The molecule has 0 aliphatic heterocycles. The van der Waals surface area contributed by atoms with Crippen LogP contribution in [0.25, 0.3) is 0 Å². The van der Waals surface area contributed by atoms with Crippen LogP contribution in [0.15, 0.2) is 29.2 Å². The first-order chi connectivity index (χ1) is 8.63. The van der Waals surface area contributed by atoms with E-state index in [0.717, 1.165) is 24.2 Å². The smallest absolute Gasteiger partial charge is 0.230 e. The van der Waals surface area contributed by atoms with Gasteiger partial charge in [0, 0.05) is 4.90 Å². The average molecular weight is 265 g/mol. The molecule has 0 spiro atoms. The monoisotopic (exact) mass is 265 g/mol. The molecule has 0 atom stereocenters. The molecule has 0 aromatic heterocycles. The summed E-state index contributed by atoms with van der Waals surface area (Å²) < 4.78 is 0. The number of carbonyl (C=O) groups excluding carboxylic acids is 1. The van der Waals surface area contributed by atoms with Crippen molar-refractivity contribution in [2.75, 3.05) is 12.4 Å². The lowest BCUT2D eigenvalue weighted by molar-refractivity contribution is -0.122. The molecule has 1 amide bonds. The van der Waals surface area contributed by atoms with Crippen molar-refractivity contribution < 1.29 is 9.90 Å². The number of aliphatic hydroxyl groups is 1. The van der Waals surface area contributed by atoms with Crippen molar-refractivity contribution in [2.45, 2.75) is 36.6 Å². The molecule has 1 aliphatic rings. The van der Waals surface area contributed by atoms with Gasteiger partial charge >= 0.3 is 0 Å². The maximum absolute atomic E-state index is 11.8. The molecule has 18 heavy (non-hydrogen) atoms. The first-order valence-corrected chi connectivity index (χ1v) is 7.23. The number of benzene rings is 1. The van der Waals surface area contributed by atoms with Gasteiger partial charge in [0.2, 0.25) is 5.91 Å². The van der Waals surface area contributed by atoms with E-state index < -0.39 is 0 Å². The zero-order chi connectivity index (χ0) is 13.0. The van der Waals surface area contributed by atoms with Crippen LogP contribution in [0.4, 0.5) is 0 Å². The molecule has 98 valence electrons. The second-order valence-electron chi connectivity index (χ2n) is 4.94. The van der Waals surface area contributed by atoms with Crippen molar-refractivity contribution in [1.82, 2.24) is 5.32 Å². The molecule has 1 saturated carbocycles. The van der Waals surface area contributed by atoms with E-state index in [2.05, 4.69) is 5.32 Å². The summed E-state index contributed by atoms with van der Waals surface area (Å²) in [6.45, 7) is 2.09. The molecule has 0 radical (unpaired) electrons. The fraction of sp³-hybridized carbons (Fsp3) is 0.500. The van der Waals surface area contributed by atoms with Crippen molar-refractivity contribution >= 4 is 17.7 Å². The van der Waals surface area contributed by atoms with Gasteiger partial charge in [-0.3, -0.25) is 4.79 Å². The average Bonchev–Trinajstić information content (AvgIpc) is 2.33. The van der Waals surface area contributed by atoms with Gasteiger partial charge in [-0.05, 0) is 38.3 Å². The summed E-state index contributed by atoms with van der Waals surface area (Å²) >= 11 is 1.53. The van der Waals surface area contributed by atoms with Crippen molar-refractivity contribution in [3.8, 4) is 0 Å². The SMILES string of the molecule is Cc1ccc(SCC(=O)NC2(CO)CCC2)cc1. The lowest BCUT2D eigenvalue weighted by Gasteiger charge is -2.40. The second-order valence-corrected chi connectivity index (χ2v) is 5.99. The number of hydrogen-bond acceptors (Lipinski definition) is 3. The quantitative estimate of drug-likeness (QED) is 0.802. The summed E-state index contributed by atoms with van der Waals surface area (Å²) in [6.07, 6.45) is 2.88. The van der Waals surface area contributed by atoms with E-state index >= 15 is 0 Å². The van der Waals surface area contributed by atoms with Crippen LogP contribution in [0.2, 0.25) is 0 Å². The predicted molar refractivity (Wildman–Crippen MR) is 73.7 cm³/mol. The molecule has 1 aliphatic carbocycles. The molecule has 0 bridgehead atoms. The minimum Gasteiger partial charge on any atom is -0.394 e. The van der Waals surface area contributed by atoms with Crippen LogP contribution in [-0.2, 0) is 4.79 Å². The van der Waals surface area contributed by atoms with Crippen molar-refractivity contribution in [1.29, 1.82) is 0 Å². The van der Waals surface area contributed by atoms with Crippen molar-refractivity contribution in [2.24, 2.45) is 0 Å². The van der Waals surface area contributed by atoms with Crippen molar-refractivity contribution in [3.05, 3.63) is 29.8 Å². The number of rotatable bonds is 5. The summed E-state index contributed by atoms with van der Waals surface area (Å²) in [5, 5.41) is 12.2.